The summed E-state index contributed by atoms with van der Waals surface area (Å²) in [4.78, 5) is 21.2. The number of nitrogens with one attached hydrogen (secondary N) is 2. The van der Waals surface area contributed by atoms with E-state index in [4.69, 9.17) is 0 Å². The van der Waals surface area contributed by atoms with Crippen LogP contribution in [0.4, 0.5) is 11.5 Å². The predicted octanol–water partition coefficient (Wildman–Crippen LogP) is 4.19. The smallest absolute Gasteiger partial charge is 0.263 e. The Morgan fingerprint density at radius 1 is 1.09 bits per heavy atom. The molecule has 0 bridgehead atoms. The van der Waals surface area contributed by atoms with Crippen molar-refractivity contribution in [2.75, 3.05) is 10.0 Å². The number of benzene rings is 1. The van der Waals surface area contributed by atoms with Gasteiger partial charge in [-0.15, -0.1) is 0 Å². The molecule has 0 saturated carbocycles. The van der Waals surface area contributed by atoms with Crippen LogP contribution in [0.3, 0.4) is 0 Å². The molecule has 170 valence electrons. The molecular formula is C23H23N5O3S2. The van der Waals surface area contributed by atoms with Gasteiger partial charge in [0.05, 0.1) is 15.7 Å². The quantitative estimate of drug-likeness (QED) is 0.485. The van der Waals surface area contributed by atoms with Crippen molar-refractivity contribution >= 4 is 39.2 Å². The summed E-state index contributed by atoms with van der Waals surface area (Å²) in [5.41, 5.74) is 3.56. The summed E-state index contributed by atoms with van der Waals surface area (Å²) in [5.74, 6) is -0.0727. The molecule has 2 N–H and O–H groups in total. The van der Waals surface area contributed by atoms with Gasteiger partial charge in [0.15, 0.2) is 0 Å². The fourth-order valence-electron chi connectivity index (χ4n) is 2.93. The molecule has 1 aromatic carbocycles. The monoisotopic (exact) mass is 481 g/mol. The van der Waals surface area contributed by atoms with Gasteiger partial charge >= 0.3 is 0 Å². The SMILES string of the molecule is Cc1nc(SC(C)C(=O)Nc2ccc(S(=O)(=O)Nc3ccccn3)cc2)c(C#N)c(C)c1C. The van der Waals surface area contributed by atoms with Crippen molar-refractivity contribution in [2.45, 2.75) is 42.9 Å². The number of hydrogen-bond acceptors (Lipinski definition) is 7. The summed E-state index contributed by atoms with van der Waals surface area (Å²) in [5, 5.41) is 12.3. The van der Waals surface area contributed by atoms with E-state index in [9.17, 15) is 18.5 Å². The highest BCUT2D eigenvalue weighted by Crippen LogP contribution is 2.30. The van der Waals surface area contributed by atoms with Gasteiger partial charge < -0.3 is 5.32 Å². The number of amides is 1. The van der Waals surface area contributed by atoms with Crippen LogP contribution in [0.2, 0.25) is 0 Å². The van der Waals surface area contributed by atoms with E-state index in [-0.39, 0.29) is 16.6 Å². The van der Waals surface area contributed by atoms with Gasteiger partial charge in [-0.1, -0.05) is 17.8 Å². The fourth-order valence-corrected chi connectivity index (χ4v) is 4.95. The number of aromatic nitrogens is 2. The molecular weight excluding hydrogens is 458 g/mol. The molecule has 0 aliphatic heterocycles. The molecule has 1 atom stereocenters. The van der Waals surface area contributed by atoms with E-state index in [0.717, 1.165) is 16.8 Å². The molecule has 0 aliphatic rings. The first-order valence-electron chi connectivity index (χ1n) is 10.0. The lowest BCUT2D eigenvalue weighted by molar-refractivity contribution is -0.115. The maximum Gasteiger partial charge on any atom is 0.263 e. The number of rotatable bonds is 7. The number of hydrogen-bond donors (Lipinski definition) is 2. The van der Waals surface area contributed by atoms with Crippen LogP contribution >= 0.6 is 11.8 Å². The van der Waals surface area contributed by atoms with Crippen LogP contribution in [0.5, 0.6) is 0 Å². The van der Waals surface area contributed by atoms with E-state index in [1.54, 1.807) is 25.1 Å². The van der Waals surface area contributed by atoms with Gasteiger partial charge in [0.2, 0.25) is 5.91 Å². The van der Waals surface area contributed by atoms with E-state index in [1.807, 2.05) is 20.8 Å². The van der Waals surface area contributed by atoms with Gasteiger partial charge in [-0.3, -0.25) is 9.52 Å². The summed E-state index contributed by atoms with van der Waals surface area (Å²) in [6.45, 7) is 7.38. The molecule has 2 aromatic heterocycles. The van der Waals surface area contributed by atoms with Gasteiger partial charge in [0.1, 0.15) is 16.9 Å². The van der Waals surface area contributed by atoms with Gasteiger partial charge in [-0.05, 0) is 75.2 Å². The van der Waals surface area contributed by atoms with Gasteiger partial charge in [0.25, 0.3) is 10.0 Å². The Hall–Kier alpha value is -3.42. The van der Waals surface area contributed by atoms with E-state index < -0.39 is 15.3 Å². The van der Waals surface area contributed by atoms with Crippen LogP contribution in [0.15, 0.2) is 58.6 Å². The number of nitrogens with zero attached hydrogens (tertiary/aromatic N) is 3. The average Bonchev–Trinajstić information content (AvgIpc) is 2.78. The number of carbonyl (C=O) groups excluding carboxylic acids is 1. The van der Waals surface area contributed by atoms with E-state index in [2.05, 4.69) is 26.1 Å². The Bertz CT molecular complexity index is 1320. The normalized spacial score (nSPS) is 12.0. The van der Waals surface area contributed by atoms with Crippen LogP contribution in [-0.4, -0.2) is 29.5 Å². The summed E-state index contributed by atoms with van der Waals surface area (Å²) in [6, 6.07) is 12.9. The molecule has 0 radical (unpaired) electrons. The van der Waals surface area contributed by atoms with E-state index >= 15 is 0 Å². The van der Waals surface area contributed by atoms with Gasteiger partial charge in [-0.2, -0.15) is 5.26 Å². The third kappa shape index (κ3) is 5.69. The molecule has 0 spiro atoms. The summed E-state index contributed by atoms with van der Waals surface area (Å²) < 4.78 is 27.4. The van der Waals surface area contributed by atoms with E-state index in [1.165, 1.54) is 42.2 Å². The topological polar surface area (TPSA) is 125 Å². The van der Waals surface area contributed by atoms with Crippen molar-refractivity contribution < 1.29 is 13.2 Å². The van der Waals surface area contributed by atoms with Gasteiger partial charge in [0, 0.05) is 17.6 Å². The maximum atomic E-state index is 12.7. The minimum Gasteiger partial charge on any atom is -0.325 e. The summed E-state index contributed by atoms with van der Waals surface area (Å²) in [7, 11) is -3.80. The lowest BCUT2D eigenvalue weighted by Gasteiger charge is -2.15. The lowest BCUT2D eigenvalue weighted by atomic mass is 10.1. The molecule has 0 fully saturated rings. The second kappa shape index (κ2) is 10.0. The third-order valence-corrected chi connectivity index (χ3v) is 7.53. The van der Waals surface area contributed by atoms with Gasteiger partial charge in [-0.25, -0.2) is 18.4 Å². The zero-order valence-corrected chi connectivity index (χ0v) is 20.2. The standard InChI is InChI=1S/C23H23N5O3S2/c1-14-15(2)20(13-24)23(26-16(14)3)32-17(4)22(29)27-18-8-10-19(11-9-18)33(30,31)28-21-7-5-6-12-25-21/h5-12,17H,1-4H3,(H,25,28)(H,27,29). The number of nitriles is 1. The Morgan fingerprint density at radius 3 is 2.39 bits per heavy atom. The highest BCUT2D eigenvalue weighted by molar-refractivity contribution is 8.00. The number of thioether (sulfide) groups is 1. The highest BCUT2D eigenvalue weighted by atomic mass is 32.2. The van der Waals surface area contributed by atoms with E-state index in [0.29, 0.717) is 16.3 Å². The Balaban J connectivity index is 1.69. The number of sulfonamides is 1. The molecule has 8 nitrogen and oxygen atoms in total. The molecule has 0 saturated heterocycles. The zero-order chi connectivity index (χ0) is 24.2. The first-order valence-corrected chi connectivity index (χ1v) is 12.4. The summed E-state index contributed by atoms with van der Waals surface area (Å²) >= 11 is 1.21. The number of pyridine rings is 2. The molecule has 3 rings (SSSR count). The molecule has 3 aromatic rings. The zero-order valence-electron chi connectivity index (χ0n) is 18.6. The lowest BCUT2D eigenvalue weighted by Crippen LogP contribution is -2.23. The third-order valence-electron chi connectivity index (χ3n) is 5.07. The van der Waals surface area contributed by atoms with Crippen molar-refractivity contribution in [3.05, 3.63) is 71.0 Å². The number of carbonyl (C=O) groups is 1. The second-order valence-corrected chi connectivity index (χ2v) is 10.3. The minimum absolute atomic E-state index is 0.0436. The molecule has 0 aliphatic carbocycles. The van der Waals surface area contributed by atoms with Crippen LogP contribution in [-0.2, 0) is 14.8 Å². The van der Waals surface area contributed by atoms with Crippen LogP contribution in [0.1, 0.15) is 29.3 Å². The Kier molecular flexibility index (Phi) is 7.36. The van der Waals surface area contributed by atoms with Crippen molar-refractivity contribution in [2.24, 2.45) is 0 Å². The number of aryl methyl sites for hydroxylation is 1. The minimum atomic E-state index is -3.80. The molecule has 1 amide bonds. The fraction of sp³-hybridized carbons (Fsp3) is 0.217. The number of anilines is 2. The maximum absolute atomic E-state index is 12.7. The van der Waals surface area contributed by atoms with Crippen molar-refractivity contribution in [3.63, 3.8) is 0 Å². The molecule has 1 unspecified atom stereocenters. The van der Waals surface area contributed by atoms with Crippen LogP contribution < -0.4 is 10.0 Å². The largest absolute Gasteiger partial charge is 0.325 e. The first kappa shape index (κ1) is 24.2. The van der Waals surface area contributed by atoms with Crippen molar-refractivity contribution in [1.82, 2.24) is 9.97 Å². The van der Waals surface area contributed by atoms with Crippen LogP contribution in [0, 0.1) is 32.1 Å². The summed E-state index contributed by atoms with van der Waals surface area (Å²) in [6.07, 6.45) is 1.49. The molecule has 33 heavy (non-hydrogen) atoms. The van der Waals surface area contributed by atoms with Crippen molar-refractivity contribution in [1.29, 1.82) is 5.26 Å². The predicted molar refractivity (Wildman–Crippen MR) is 129 cm³/mol. The first-order chi connectivity index (χ1) is 15.6. The average molecular weight is 482 g/mol. The molecule has 10 heteroatoms. The Labute approximate surface area is 197 Å². The Morgan fingerprint density at radius 2 is 1.79 bits per heavy atom. The van der Waals surface area contributed by atoms with Crippen LogP contribution in [0.25, 0.3) is 0 Å². The second-order valence-electron chi connectivity index (χ2n) is 7.33. The molecule has 2 heterocycles. The highest BCUT2D eigenvalue weighted by Gasteiger charge is 2.21. The van der Waals surface area contributed by atoms with Crippen molar-refractivity contribution in [3.8, 4) is 6.07 Å².